The molecule has 1 fully saturated rings. The third-order valence-corrected chi connectivity index (χ3v) is 5.81. The molecule has 3 aromatic rings. The van der Waals surface area contributed by atoms with E-state index in [9.17, 15) is 18.0 Å². The molecule has 1 atom stereocenters. The van der Waals surface area contributed by atoms with E-state index in [4.69, 9.17) is 0 Å². The number of nitrogens with one attached hydrogen (secondary N) is 2. The molecule has 0 radical (unpaired) electrons. The Morgan fingerprint density at radius 2 is 2.13 bits per heavy atom. The molecule has 1 saturated heterocycles. The Hall–Kier alpha value is -2.94. The maximum absolute atomic E-state index is 14.4. The standard InChI is InChI=1S/C21H22F3N5O/c1-21(6-7-25-10-21)15-8-14-18(27-11-28-19(14)29(2)20(15)30)26-9-12-4-3-5-13(16(12)22)17(23)24/h3-5,8,11,17,25H,6-7,9-10H2,1-2H3,(H,26,27,28). The fraction of sp³-hybridized carbons (Fsp3) is 0.381. The molecule has 4 rings (SSSR count). The lowest BCUT2D eigenvalue weighted by Crippen LogP contribution is -2.35. The van der Waals surface area contributed by atoms with Gasteiger partial charge in [-0.3, -0.25) is 9.36 Å². The zero-order chi connectivity index (χ0) is 21.5. The van der Waals surface area contributed by atoms with Crippen molar-refractivity contribution in [2.45, 2.75) is 31.7 Å². The highest BCUT2D eigenvalue weighted by Crippen LogP contribution is 2.31. The van der Waals surface area contributed by atoms with Crippen LogP contribution in [0.15, 0.2) is 35.4 Å². The summed E-state index contributed by atoms with van der Waals surface area (Å²) < 4.78 is 41.8. The molecule has 0 aliphatic carbocycles. The predicted molar refractivity (Wildman–Crippen MR) is 108 cm³/mol. The zero-order valence-electron chi connectivity index (χ0n) is 16.7. The van der Waals surface area contributed by atoms with Crippen molar-refractivity contribution in [3.8, 4) is 0 Å². The number of benzene rings is 1. The predicted octanol–water partition coefficient (Wildman–Crippen LogP) is 3.27. The molecule has 6 nitrogen and oxygen atoms in total. The maximum atomic E-state index is 14.4. The number of aryl methyl sites for hydroxylation is 1. The third-order valence-electron chi connectivity index (χ3n) is 5.81. The molecule has 158 valence electrons. The van der Waals surface area contributed by atoms with Gasteiger partial charge in [-0.05, 0) is 19.0 Å². The lowest BCUT2D eigenvalue weighted by molar-refractivity contribution is 0.146. The first-order chi connectivity index (χ1) is 14.3. The number of hydrogen-bond donors (Lipinski definition) is 2. The van der Waals surface area contributed by atoms with Crippen molar-refractivity contribution in [3.05, 3.63) is 63.5 Å². The van der Waals surface area contributed by atoms with E-state index in [0.717, 1.165) is 19.0 Å². The molecule has 1 aromatic carbocycles. The zero-order valence-corrected chi connectivity index (χ0v) is 16.7. The van der Waals surface area contributed by atoms with Gasteiger partial charge >= 0.3 is 0 Å². The SMILES string of the molecule is Cn1c(=O)c(C2(C)CCNC2)cc2c(NCc3cccc(C(F)F)c3F)ncnc21. The van der Waals surface area contributed by atoms with Crippen LogP contribution in [0.1, 0.15) is 36.5 Å². The van der Waals surface area contributed by atoms with Crippen LogP contribution in [0.4, 0.5) is 19.0 Å². The molecule has 0 saturated carbocycles. The van der Waals surface area contributed by atoms with Gasteiger partial charge in [0.2, 0.25) is 0 Å². The molecule has 3 heterocycles. The summed E-state index contributed by atoms with van der Waals surface area (Å²) in [5.41, 5.74) is 0.149. The summed E-state index contributed by atoms with van der Waals surface area (Å²) >= 11 is 0. The van der Waals surface area contributed by atoms with Gasteiger partial charge in [0.25, 0.3) is 12.0 Å². The summed E-state index contributed by atoms with van der Waals surface area (Å²) in [6.07, 6.45) is -0.743. The minimum absolute atomic E-state index is 0.0322. The van der Waals surface area contributed by atoms with Gasteiger partial charge in [-0.2, -0.15) is 0 Å². The molecule has 1 aliphatic rings. The summed E-state index contributed by atoms with van der Waals surface area (Å²) in [5, 5.41) is 6.93. The number of rotatable bonds is 5. The Morgan fingerprint density at radius 1 is 1.33 bits per heavy atom. The highest BCUT2D eigenvalue weighted by atomic mass is 19.3. The molecule has 2 N–H and O–H groups in total. The lowest BCUT2D eigenvalue weighted by Gasteiger charge is -2.24. The Bertz CT molecular complexity index is 1160. The van der Waals surface area contributed by atoms with E-state index in [2.05, 4.69) is 20.6 Å². The summed E-state index contributed by atoms with van der Waals surface area (Å²) in [6, 6.07) is 5.71. The van der Waals surface area contributed by atoms with Crippen molar-refractivity contribution in [3.63, 3.8) is 0 Å². The number of halogens is 3. The number of fused-ring (bicyclic) bond motifs is 1. The van der Waals surface area contributed by atoms with Gasteiger partial charge in [0.15, 0.2) is 0 Å². The second-order valence-corrected chi connectivity index (χ2v) is 7.84. The topological polar surface area (TPSA) is 71.8 Å². The Kier molecular flexibility index (Phi) is 5.23. The fourth-order valence-electron chi connectivity index (χ4n) is 3.97. The molecular formula is C21H22F3N5O. The number of pyridine rings is 1. The molecule has 2 aromatic heterocycles. The summed E-state index contributed by atoms with van der Waals surface area (Å²) in [7, 11) is 1.66. The van der Waals surface area contributed by atoms with Gasteiger partial charge in [-0.1, -0.05) is 25.1 Å². The smallest absolute Gasteiger partial charge is 0.266 e. The largest absolute Gasteiger partial charge is 0.365 e. The molecular weight excluding hydrogens is 395 g/mol. The first kappa shape index (κ1) is 20.3. The van der Waals surface area contributed by atoms with E-state index >= 15 is 0 Å². The van der Waals surface area contributed by atoms with Crippen molar-refractivity contribution in [1.82, 2.24) is 19.9 Å². The highest BCUT2D eigenvalue weighted by molar-refractivity contribution is 5.87. The molecule has 0 spiro atoms. The number of alkyl halides is 2. The van der Waals surface area contributed by atoms with Crippen LogP contribution < -0.4 is 16.2 Å². The normalized spacial score (nSPS) is 19.0. The first-order valence-corrected chi connectivity index (χ1v) is 9.67. The minimum Gasteiger partial charge on any atom is -0.365 e. The van der Waals surface area contributed by atoms with Gasteiger partial charge in [-0.25, -0.2) is 23.1 Å². The van der Waals surface area contributed by atoms with E-state index in [1.165, 1.54) is 23.0 Å². The van der Waals surface area contributed by atoms with E-state index in [-0.39, 0.29) is 23.1 Å². The van der Waals surface area contributed by atoms with Gasteiger partial charge in [0.1, 0.15) is 23.6 Å². The van der Waals surface area contributed by atoms with Crippen LogP contribution in [0.2, 0.25) is 0 Å². The third kappa shape index (κ3) is 3.43. The van der Waals surface area contributed by atoms with E-state index in [0.29, 0.717) is 29.0 Å². The summed E-state index contributed by atoms with van der Waals surface area (Å²) in [4.78, 5) is 21.4. The minimum atomic E-state index is -2.89. The number of hydrogen-bond acceptors (Lipinski definition) is 5. The van der Waals surface area contributed by atoms with E-state index in [1.54, 1.807) is 13.1 Å². The average Bonchev–Trinajstić information content (AvgIpc) is 3.17. The van der Waals surface area contributed by atoms with Crippen LogP contribution in [-0.4, -0.2) is 27.6 Å². The van der Waals surface area contributed by atoms with Gasteiger partial charge < -0.3 is 10.6 Å². The lowest BCUT2D eigenvalue weighted by atomic mass is 9.82. The fourth-order valence-corrected chi connectivity index (χ4v) is 3.97. The Morgan fingerprint density at radius 3 is 2.83 bits per heavy atom. The average molecular weight is 417 g/mol. The highest BCUT2D eigenvalue weighted by Gasteiger charge is 2.34. The number of aromatic nitrogens is 3. The van der Waals surface area contributed by atoms with E-state index < -0.39 is 17.8 Å². The van der Waals surface area contributed by atoms with Gasteiger partial charge in [-0.15, -0.1) is 0 Å². The molecule has 0 amide bonds. The van der Waals surface area contributed by atoms with Gasteiger partial charge in [0, 0.05) is 36.7 Å². The molecule has 1 unspecified atom stereocenters. The monoisotopic (exact) mass is 417 g/mol. The van der Waals surface area contributed by atoms with Crippen LogP contribution >= 0.6 is 0 Å². The van der Waals surface area contributed by atoms with Crippen molar-refractivity contribution >= 4 is 16.9 Å². The molecule has 0 bridgehead atoms. The van der Waals surface area contributed by atoms with Crippen LogP contribution in [0.5, 0.6) is 0 Å². The second kappa shape index (κ2) is 7.71. The van der Waals surface area contributed by atoms with Crippen LogP contribution in [0.25, 0.3) is 11.0 Å². The van der Waals surface area contributed by atoms with Crippen molar-refractivity contribution < 1.29 is 13.2 Å². The summed E-state index contributed by atoms with van der Waals surface area (Å²) in [6.45, 7) is 3.52. The maximum Gasteiger partial charge on any atom is 0.266 e. The molecule has 1 aliphatic heterocycles. The quantitative estimate of drug-likeness (QED) is 0.667. The molecule has 9 heteroatoms. The second-order valence-electron chi connectivity index (χ2n) is 7.84. The van der Waals surface area contributed by atoms with Crippen LogP contribution in [0, 0.1) is 5.82 Å². The van der Waals surface area contributed by atoms with Crippen molar-refractivity contribution in [2.75, 3.05) is 18.4 Å². The van der Waals surface area contributed by atoms with Gasteiger partial charge in [0.05, 0.1) is 10.9 Å². The summed E-state index contributed by atoms with van der Waals surface area (Å²) in [5.74, 6) is -0.524. The van der Waals surface area contributed by atoms with Crippen LogP contribution in [0.3, 0.4) is 0 Å². The van der Waals surface area contributed by atoms with Crippen molar-refractivity contribution in [1.29, 1.82) is 0 Å². The van der Waals surface area contributed by atoms with Crippen LogP contribution in [-0.2, 0) is 19.0 Å². The first-order valence-electron chi connectivity index (χ1n) is 9.67. The van der Waals surface area contributed by atoms with E-state index in [1.807, 2.05) is 6.92 Å². The number of anilines is 1. The van der Waals surface area contributed by atoms with Crippen molar-refractivity contribution in [2.24, 2.45) is 7.05 Å². The Balaban J connectivity index is 1.75. The number of nitrogens with zero attached hydrogens (tertiary/aromatic N) is 3. The Labute approximate surface area is 171 Å². The molecule has 30 heavy (non-hydrogen) atoms.